The second-order valence-electron chi connectivity index (χ2n) is 5.44. The van der Waals surface area contributed by atoms with Crippen molar-refractivity contribution >= 4 is 11.9 Å². The molecule has 0 bridgehead atoms. The van der Waals surface area contributed by atoms with Crippen LogP contribution < -0.4 is 4.74 Å². The van der Waals surface area contributed by atoms with E-state index < -0.39 is 58.4 Å². The SMILES string of the molecule is O=C(O)c1ccc(Oc2ccccc2C(F)C(F)(F)C(F)(F)F)cc1C(=O)O. The molecule has 0 aromatic heterocycles. The second-order valence-corrected chi connectivity index (χ2v) is 5.44. The van der Waals surface area contributed by atoms with Gasteiger partial charge in [-0.15, -0.1) is 0 Å². The first-order valence-corrected chi connectivity index (χ1v) is 7.32. The molecule has 0 heterocycles. The summed E-state index contributed by atoms with van der Waals surface area (Å²) in [5.41, 5.74) is -2.45. The smallest absolute Gasteiger partial charge is 0.456 e. The summed E-state index contributed by atoms with van der Waals surface area (Å²) in [6, 6.07) is 6.24. The molecule has 2 rings (SSSR count). The number of carbonyl (C=O) groups is 2. The summed E-state index contributed by atoms with van der Waals surface area (Å²) in [6.45, 7) is 0. The van der Waals surface area contributed by atoms with Crippen LogP contribution in [0.15, 0.2) is 42.5 Å². The Kier molecular flexibility index (Phi) is 5.57. The molecule has 150 valence electrons. The maximum atomic E-state index is 14.0. The molecule has 0 saturated heterocycles. The lowest BCUT2D eigenvalue weighted by Gasteiger charge is -2.24. The van der Waals surface area contributed by atoms with E-state index in [2.05, 4.69) is 0 Å². The third-order valence-corrected chi connectivity index (χ3v) is 3.57. The predicted octanol–water partition coefficient (Wildman–Crippen LogP) is 5.08. The number of benzene rings is 2. The number of carboxylic acid groups (broad SMARTS) is 2. The molecule has 2 N–H and O–H groups in total. The number of alkyl halides is 6. The van der Waals surface area contributed by atoms with Crippen LogP contribution in [0.3, 0.4) is 0 Å². The van der Waals surface area contributed by atoms with Crippen LogP contribution in [0, 0.1) is 0 Å². The zero-order valence-electron chi connectivity index (χ0n) is 13.5. The van der Waals surface area contributed by atoms with Gasteiger partial charge in [0.05, 0.1) is 11.1 Å². The lowest BCUT2D eigenvalue weighted by molar-refractivity contribution is -0.305. The molecule has 0 amide bonds. The topological polar surface area (TPSA) is 83.8 Å². The zero-order valence-corrected chi connectivity index (χ0v) is 13.5. The molecule has 2 aromatic rings. The summed E-state index contributed by atoms with van der Waals surface area (Å²) >= 11 is 0. The van der Waals surface area contributed by atoms with Gasteiger partial charge in [0, 0.05) is 5.56 Å². The molecule has 0 aliphatic heterocycles. The van der Waals surface area contributed by atoms with Crippen molar-refractivity contribution < 1.29 is 50.9 Å². The van der Waals surface area contributed by atoms with E-state index in [1.54, 1.807) is 0 Å². The molecule has 0 aliphatic rings. The van der Waals surface area contributed by atoms with Crippen molar-refractivity contribution in [2.75, 3.05) is 0 Å². The molecule has 0 radical (unpaired) electrons. The Morgan fingerprint density at radius 3 is 2.00 bits per heavy atom. The largest absolute Gasteiger partial charge is 0.478 e. The fraction of sp³-hybridized carbons (Fsp3) is 0.176. The molecule has 0 fully saturated rings. The van der Waals surface area contributed by atoms with Gasteiger partial charge in [-0.25, -0.2) is 14.0 Å². The Balaban J connectivity index is 2.46. The number of ether oxygens (including phenoxy) is 1. The van der Waals surface area contributed by atoms with E-state index in [1.165, 1.54) is 6.07 Å². The summed E-state index contributed by atoms with van der Waals surface area (Å²) in [6.07, 6.45) is -9.94. The number of aromatic carboxylic acids is 2. The molecule has 1 atom stereocenters. The number of hydrogen-bond acceptors (Lipinski definition) is 3. The molecular weight excluding hydrogens is 398 g/mol. The van der Waals surface area contributed by atoms with Crippen LogP contribution in [-0.4, -0.2) is 34.3 Å². The molecule has 2 aromatic carbocycles. The van der Waals surface area contributed by atoms with Gasteiger partial charge in [-0.3, -0.25) is 0 Å². The highest BCUT2D eigenvalue weighted by molar-refractivity contribution is 6.02. The van der Waals surface area contributed by atoms with Gasteiger partial charge in [0.1, 0.15) is 11.5 Å². The minimum absolute atomic E-state index is 0.405. The first-order valence-electron chi connectivity index (χ1n) is 7.32. The molecule has 0 aliphatic carbocycles. The number of halogens is 6. The Morgan fingerprint density at radius 2 is 1.46 bits per heavy atom. The monoisotopic (exact) mass is 408 g/mol. The van der Waals surface area contributed by atoms with Crippen LogP contribution in [0.5, 0.6) is 11.5 Å². The minimum atomic E-state index is -6.15. The molecule has 11 heteroatoms. The molecule has 28 heavy (non-hydrogen) atoms. The van der Waals surface area contributed by atoms with Gasteiger partial charge in [0.2, 0.25) is 6.17 Å². The summed E-state index contributed by atoms with van der Waals surface area (Å²) in [7, 11) is 0. The van der Waals surface area contributed by atoms with E-state index in [0.29, 0.717) is 6.07 Å². The number of hydrogen-bond donors (Lipinski definition) is 2. The highest BCUT2D eigenvalue weighted by Crippen LogP contribution is 2.48. The predicted molar refractivity (Wildman–Crippen MR) is 81.7 cm³/mol. The van der Waals surface area contributed by atoms with Crippen LogP contribution >= 0.6 is 0 Å². The minimum Gasteiger partial charge on any atom is -0.478 e. The van der Waals surface area contributed by atoms with Crippen molar-refractivity contribution in [3.05, 3.63) is 59.2 Å². The first-order chi connectivity index (χ1) is 12.9. The quantitative estimate of drug-likeness (QED) is 0.651. The lowest BCUT2D eigenvalue weighted by atomic mass is 10.0. The third-order valence-electron chi connectivity index (χ3n) is 3.57. The standard InChI is InChI=1S/C17H10F6O5/c18-13(16(19,20)17(21,22)23)10-3-1-2-4-12(10)28-8-5-6-9(14(24)25)11(7-8)15(26)27/h1-7,13H,(H,24,25)(H,26,27). The molecule has 5 nitrogen and oxygen atoms in total. The highest BCUT2D eigenvalue weighted by atomic mass is 19.4. The van der Waals surface area contributed by atoms with Gasteiger partial charge in [-0.1, -0.05) is 18.2 Å². The maximum absolute atomic E-state index is 14.0. The number of carboxylic acids is 2. The Hall–Kier alpha value is -3.24. The van der Waals surface area contributed by atoms with Crippen LogP contribution in [0.25, 0.3) is 0 Å². The van der Waals surface area contributed by atoms with Gasteiger partial charge in [0.15, 0.2) is 0 Å². The van der Waals surface area contributed by atoms with Gasteiger partial charge >= 0.3 is 24.0 Å². The van der Waals surface area contributed by atoms with E-state index in [9.17, 15) is 35.9 Å². The van der Waals surface area contributed by atoms with E-state index in [-0.39, 0.29) is 0 Å². The van der Waals surface area contributed by atoms with E-state index in [1.807, 2.05) is 0 Å². The fourth-order valence-electron chi connectivity index (χ4n) is 2.20. The summed E-state index contributed by atoms with van der Waals surface area (Å²) in [4.78, 5) is 22.1. The van der Waals surface area contributed by atoms with Gasteiger partial charge in [-0.05, 0) is 24.3 Å². The van der Waals surface area contributed by atoms with Crippen LogP contribution in [-0.2, 0) is 0 Å². The third kappa shape index (κ3) is 4.02. The van der Waals surface area contributed by atoms with Gasteiger partial charge in [-0.2, -0.15) is 22.0 Å². The van der Waals surface area contributed by atoms with Crippen molar-refractivity contribution in [1.82, 2.24) is 0 Å². The average molecular weight is 408 g/mol. The van der Waals surface area contributed by atoms with E-state index in [4.69, 9.17) is 14.9 Å². The lowest BCUT2D eigenvalue weighted by Crippen LogP contribution is -2.40. The normalized spacial score (nSPS) is 13.1. The molecule has 0 saturated carbocycles. The van der Waals surface area contributed by atoms with Crippen LogP contribution in [0.1, 0.15) is 32.5 Å². The first kappa shape index (κ1) is 21.1. The molecule has 1 unspecified atom stereocenters. The highest BCUT2D eigenvalue weighted by Gasteiger charge is 2.64. The Morgan fingerprint density at radius 1 is 0.893 bits per heavy atom. The van der Waals surface area contributed by atoms with Crippen molar-refractivity contribution in [3.8, 4) is 11.5 Å². The van der Waals surface area contributed by atoms with Crippen molar-refractivity contribution in [2.24, 2.45) is 0 Å². The fourth-order valence-corrected chi connectivity index (χ4v) is 2.20. The summed E-state index contributed by atoms with van der Waals surface area (Å²) in [5.74, 6) is -10.1. The number of rotatable bonds is 6. The maximum Gasteiger partial charge on any atom is 0.456 e. The van der Waals surface area contributed by atoms with Crippen LogP contribution in [0.4, 0.5) is 26.3 Å². The Labute approximate surface area is 152 Å². The molecule has 0 spiro atoms. The van der Waals surface area contributed by atoms with Gasteiger partial charge < -0.3 is 14.9 Å². The van der Waals surface area contributed by atoms with Crippen molar-refractivity contribution in [2.45, 2.75) is 18.3 Å². The van der Waals surface area contributed by atoms with Crippen molar-refractivity contribution in [3.63, 3.8) is 0 Å². The van der Waals surface area contributed by atoms with E-state index >= 15 is 0 Å². The number of para-hydroxylation sites is 1. The Bertz CT molecular complexity index is 909. The van der Waals surface area contributed by atoms with Crippen molar-refractivity contribution in [1.29, 1.82) is 0 Å². The summed E-state index contributed by atoms with van der Waals surface area (Å²) < 4.78 is 83.1. The molecular formula is C17H10F6O5. The second kappa shape index (κ2) is 7.41. The average Bonchev–Trinajstić information content (AvgIpc) is 2.60. The van der Waals surface area contributed by atoms with Crippen LogP contribution in [0.2, 0.25) is 0 Å². The zero-order chi connectivity index (χ0) is 21.3. The summed E-state index contributed by atoms with van der Waals surface area (Å²) in [5, 5.41) is 18.0. The van der Waals surface area contributed by atoms with E-state index in [0.717, 1.165) is 30.3 Å². The van der Waals surface area contributed by atoms with Gasteiger partial charge in [0.25, 0.3) is 0 Å².